The van der Waals surface area contributed by atoms with Gasteiger partial charge in [0.25, 0.3) is 0 Å². The number of aromatic hydroxyl groups is 1. The van der Waals surface area contributed by atoms with E-state index in [0.717, 1.165) is 20.6 Å². The van der Waals surface area contributed by atoms with Crippen LogP contribution in [0.5, 0.6) is 5.75 Å². The monoisotopic (exact) mass is 271 g/mol. The number of rotatable bonds is 0. The number of para-hydroxylation sites is 1. The quantitative estimate of drug-likeness (QED) is 0.499. The van der Waals surface area contributed by atoms with E-state index < -0.39 is 0 Å². The number of aliphatic hydroxyl groups is 2. The van der Waals surface area contributed by atoms with Crippen molar-refractivity contribution in [1.82, 2.24) is 0 Å². The van der Waals surface area contributed by atoms with Gasteiger partial charge in [0.1, 0.15) is 5.75 Å². The Kier molecular flexibility index (Phi) is 25.9. The minimum atomic E-state index is 0. The summed E-state index contributed by atoms with van der Waals surface area (Å²) in [5, 5.41) is 22.6. The van der Waals surface area contributed by atoms with Gasteiger partial charge in [-0.25, -0.2) is 12.2 Å². The maximum absolute atomic E-state index is 8.63. The molecule has 0 aliphatic heterocycles. The molecule has 0 amide bonds. The zero-order chi connectivity index (χ0) is 12.6. The SMILES string of the molecule is CO.CO.Oc1ccccc1.[C-]1=CC=CC1.[Ti]. The Hall–Kier alpha value is -0.866. The first-order valence-electron chi connectivity index (χ1n) is 4.75. The van der Waals surface area contributed by atoms with Gasteiger partial charge in [0.05, 0.1) is 0 Å². The molecule has 0 radical (unpaired) electrons. The molecule has 0 bridgehead atoms. The second kappa shape index (κ2) is 20.5. The van der Waals surface area contributed by atoms with Gasteiger partial charge in [-0.05, 0) is 12.1 Å². The van der Waals surface area contributed by atoms with E-state index in [2.05, 4.69) is 12.2 Å². The van der Waals surface area contributed by atoms with Gasteiger partial charge in [0.15, 0.2) is 0 Å². The Morgan fingerprint density at radius 2 is 1.53 bits per heavy atom. The zero-order valence-corrected chi connectivity index (χ0v) is 11.7. The van der Waals surface area contributed by atoms with Crippen molar-refractivity contribution in [3.63, 3.8) is 0 Å². The molecule has 0 saturated carbocycles. The molecule has 17 heavy (non-hydrogen) atoms. The average molecular weight is 271 g/mol. The minimum absolute atomic E-state index is 0. The molecule has 2 rings (SSSR count). The van der Waals surface area contributed by atoms with Gasteiger partial charge in [-0.1, -0.05) is 18.2 Å². The Morgan fingerprint density at radius 1 is 1.00 bits per heavy atom. The molecular formula is C13H19O3Ti-. The summed E-state index contributed by atoms with van der Waals surface area (Å²) in [6.45, 7) is 0. The van der Waals surface area contributed by atoms with Crippen LogP contribution in [0.4, 0.5) is 0 Å². The van der Waals surface area contributed by atoms with E-state index in [0.29, 0.717) is 5.75 Å². The summed E-state index contributed by atoms with van der Waals surface area (Å²) >= 11 is 0. The van der Waals surface area contributed by atoms with E-state index in [1.165, 1.54) is 0 Å². The van der Waals surface area contributed by atoms with Crippen LogP contribution >= 0.6 is 0 Å². The summed E-state index contributed by atoms with van der Waals surface area (Å²) in [6.07, 6.45) is 10.0. The van der Waals surface area contributed by atoms with Gasteiger partial charge in [-0.2, -0.15) is 6.08 Å². The second-order valence-corrected chi connectivity index (χ2v) is 2.34. The molecule has 0 heterocycles. The summed E-state index contributed by atoms with van der Waals surface area (Å²) in [6, 6.07) is 8.71. The number of phenolic OH excluding ortho intramolecular Hbond substituents is 1. The first-order chi connectivity index (χ1) is 7.89. The summed E-state index contributed by atoms with van der Waals surface area (Å²) in [4.78, 5) is 0. The molecule has 4 heteroatoms. The third kappa shape index (κ3) is 17.7. The van der Waals surface area contributed by atoms with Crippen molar-refractivity contribution >= 4 is 0 Å². The molecule has 3 nitrogen and oxygen atoms in total. The van der Waals surface area contributed by atoms with Crippen molar-refractivity contribution in [3.8, 4) is 5.75 Å². The number of allylic oxidation sites excluding steroid dienone is 4. The van der Waals surface area contributed by atoms with E-state index in [9.17, 15) is 0 Å². The van der Waals surface area contributed by atoms with Gasteiger partial charge < -0.3 is 15.3 Å². The number of benzene rings is 1. The third-order valence-electron chi connectivity index (χ3n) is 1.34. The van der Waals surface area contributed by atoms with Gasteiger partial charge in [-0.15, -0.1) is 6.42 Å². The zero-order valence-electron chi connectivity index (χ0n) is 10.2. The van der Waals surface area contributed by atoms with Crippen LogP contribution < -0.4 is 0 Å². The van der Waals surface area contributed by atoms with Crippen LogP contribution in [0.15, 0.2) is 48.6 Å². The van der Waals surface area contributed by atoms with Gasteiger partial charge in [0.2, 0.25) is 0 Å². The standard InChI is InChI=1S/C6H6O.C5H5.2CH4O.Ti/c7-6-4-2-1-3-5-6;1-2-4-5-3-1;2*1-2;/h1-5,7H;1-3H,4H2;2*2H,1H3;/q;-1;;;. The Balaban J connectivity index is -0.000000175. The molecule has 1 aliphatic carbocycles. The fourth-order valence-electron chi connectivity index (χ4n) is 0.768. The van der Waals surface area contributed by atoms with Crippen LogP contribution in [0.25, 0.3) is 0 Å². The molecule has 94 valence electrons. The average Bonchev–Trinajstić information content (AvgIpc) is 2.94. The van der Waals surface area contributed by atoms with Crippen LogP contribution in [0.3, 0.4) is 0 Å². The molecule has 0 saturated heterocycles. The molecule has 3 N–H and O–H groups in total. The molecule has 0 aromatic heterocycles. The normalized spacial score (nSPS) is 9.41. The van der Waals surface area contributed by atoms with E-state index in [4.69, 9.17) is 15.3 Å². The second-order valence-electron chi connectivity index (χ2n) is 2.34. The maximum Gasteiger partial charge on any atom is 0.115 e. The van der Waals surface area contributed by atoms with Crippen molar-refractivity contribution in [2.45, 2.75) is 6.42 Å². The Morgan fingerprint density at radius 3 is 1.71 bits per heavy atom. The minimum Gasteiger partial charge on any atom is -0.508 e. The largest absolute Gasteiger partial charge is 0.508 e. The molecule has 1 aromatic carbocycles. The molecule has 1 aliphatic rings. The van der Waals surface area contributed by atoms with E-state index >= 15 is 0 Å². The van der Waals surface area contributed by atoms with Gasteiger partial charge in [-0.3, -0.25) is 6.08 Å². The van der Waals surface area contributed by atoms with Crippen molar-refractivity contribution in [1.29, 1.82) is 0 Å². The predicted molar refractivity (Wildman–Crippen MR) is 66.0 cm³/mol. The van der Waals surface area contributed by atoms with Gasteiger partial charge >= 0.3 is 0 Å². The topological polar surface area (TPSA) is 60.7 Å². The van der Waals surface area contributed by atoms with E-state index in [1.807, 2.05) is 18.2 Å². The summed E-state index contributed by atoms with van der Waals surface area (Å²) in [5.74, 6) is 0.322. The molecule has 1 aromatic rings. The van der Waals surface area contributed by atoms with Crippen LogP contribution in [-0.4, -0.2) is 29.5 Å². The molecule has 0 unspecified atom stereocenters. The maximum atomic E-state index is 8.63. The van der Waals surface area contributed by atoms with Crippen molar-refractivity contribution in [2.75, 3.05) is 14.2 Å². The number of hydrogen-bond donors (Lipinski definition) is 3. The van der Waals surface area contributed by atoms with E-state index in [1.54, 1.807) is 24.3 Å². The van der Waals surface area contributed by atoms with E-state index in [-0.39, 0.29) is 21.7 Å². The fourth-order valence-corrected chi connectivity index (χ4v) is 0.768. The molecule has 0 fully saturated rings. The first-order valence-corrected chi connectivity index (χ1v) is 4.75. The van der Waals surface area contributed by atoms with Crippen LogP contribution in [0, 0.1) is 6.08 Å². The van der Waals surface area contributed by atoms with Crippen LogP contribution in [0.1, 0.15) is 6.42 Å². The summed E-state index contributed by atoms with van der Waals surface area (Å²) in [5.41, 5.74) is 0. The van der Waals surface area contributed by atoms with Crippen molar-refractivity contribution < 1.29 is 37.0 Å². The fraction of sp³-hybridized carbons (Fsp3) is 0.231. The third-order valence-corrected chi connectivity index (χ3v) is 1.34. The predicted octanol–water partition coefficient (Wildman–Crippen LogP) is 1.91. The van der Waals surface area contributed by atoms with Crippen molar-refractivity contribution in [3.05, 3.63) is 54.6 Å². The van der Waals surface area contributed by atoms with Crippen molar-refractivity contribution in [2.24, 2.45) is 0 Å². The Bertz CT molecular complexity index is 261. The summed E-state index contributed by atoms with van der Waals surface area (Å²) in [7, 11) is 2.00. The first kappa shape index (κ1) is 21.4. The van der Waals surface area contributed by atoms with Crippen LogP contribution in [-0.2, 0) is 21.7 Å². The van der Waals surface area contributed by atoms with Gasteiger partial charge in [0, 0.05) is 35.9 Å². The molecule has 0 atom stereocenters. The summed E-state index contributed by atoms with van der Waals surface area (Å²) < 4.78 is 0. The molecule has 0 spiro atoms. The number of hydrogen-bond acceptors (Lipinski definition) is 3. The van der Waals surface area contributed by atoms with Crippen LogP contribution in [0.2, 0.25) is 0 Å². The number of aliphatic hydroxyl groups excluding tert-OH is 2. The number of phenols is 1. The molecular weight excluding hydrogens is 252 g/mol. The Labute approximate surface area is 118 Å². The smallest absolute Gasteiger partial charge is 0.115 e.